The number of carbonyl (C=O) groups is 1. The molecule has 4 nitrogen and oxygen atoms in total. The summed E-state index contributed by atoms with van der Waals surface area (Å²) in [5, 5.41) is 6.60. The van der Waals surface area contributed by atoms with Gasteiger partial charge in [0.05, 0.1) is 18.6 Å². The maximum atomic E-state index is 12.7. The Morgan fingerprint density at radius 1 is 1.48 bits per heavy atom. The van der Waals surface area contributed by atoms with Gasteiger partial charge in [-0.3, -0.25) is 4.79 Å². The Bertz CT molecular complexity index is 470. The number of benzene rings is 1. The van der Waals surface area contributed by atoms with E-state index < -0.39 is 0 Å². The summed E-state index contributed by atoms with van der Waals surface area (Å²) < 4.78 is 5.21. The first kappa shape index (κ1) is 15.8. The van der Waals surface area contributed by atoms with Gasteiger partial charge < -0.3 is 15.4 Å². The second kappa shape index (κ2) is 7.46. The van der Waals surface area contributed by atoms with Gasteiger partial charge in [0.25, 0.3) is 0 Å². The van der Waals surface area contributed by atoms with Crippen molar-refractivity contribution in [2.75, 3.05) is 19.0 Å². The van der Waals surface area contributed by atoms with Crippen molar-refractivity contribution < 1.29 is 9.53 Å². The van der Waals surface area contributed by atoms with Crippen LogP contribution in [0.25, 0.3) is 0 Å². The van der Waals surface area contributed by atoms with Crippen LogP contribution in [-0.2, 0) is 9.53 Å². The summed E-state index contributed by atoms with van der Waals surface area (Å²) in [7, 11) is 1.68. The third kappa shape index (κ3) is 3.97. The number of ether oxygens (including phenoxy) is 1. The Morgan fingerprint density at radius 2 is 2.24 bits per heavy atom. The van der Waals surface area contributed by atoms with E-state index in [4.69, 9.17) is 4.74 Å². The highest BCUT2D eigenvalue weighted by Crippen LogP contribution is 2.34. The molecule has 3 unspecified atom stereocenters. The van der Waals surface area contributed by atoms with Crippen molar-refractivity contribution in [1.29, 1.82) is 0 Å². The smallest absolute Gasteiger partial charge is 0.227 e. The van der Waals surface area contributed by atoms with Crippen molar-refractivity contribution in [3.63, 3.8) is 0 Å². The first-order valence-corrected chi connectivity index (χ1v) is 7.80. The number of methoxy groups -OCH3 is 1. The van der Waals surface area contributed by atoms with Gasteiger partial charge >= 0.3 is 0 Å². The number of amides is 1. The van der Waals surface area contributed by atoms with Crippen LogP contribution in [0.15, 0.2) is 24.3 Å². The highest BCUT2D eigenvalue weighted by molar-refractivity contribution is 5.86. The zero-order chi connectivity index (χ0) is 15.2. The average molecular weight is 290 g/mol. The normalized spacial score (nSPS) is 22.0. The zero-order valence-electron chi connectivity index (χ0n) is 13.2. The number of hydrogen-bond acceptors (Lipinski definition) is 3. The fourth-order valence-corrected chi connectivity index (χ4v) is 3.03. The summed E-state index contributed by atoms with van der Waals surface area (Å²) in [6.45, 7) is 4.81. The average Bonchev–Trinajstić information content (AvgIpc) is 2.46. The second-order valence-electron chi connectivity index (χ2n) is 5.87. The largest absolute Gasteiger partial charge is 0.383 e. The minimum Gasteiger partial charge on any atom is -0.383 e. The number of hydrogen-bond donors (Lipinski definition) is 2. The van der Waals surface area contributed by atoms with E-state index in [9.17, 15) is 4.79 Å². The minimum absolute atomic E-state index is 0.0753. The monoisotopic (exact) mass is 290 g/mol. The first-order chi connectivity index (χ1) is 10.2. The van der Waals surface area contributed by atoms with Gasteiger partial charge in [0.1, 0.15) is 0 Å². The molecule has 1 aliphatic heterocycles. The predicted molar refractivity (Wildman–Crippen MR) is 85.6 cm³/mol. The molecule has 3 atom stereocenters. The van der Waals surface area contributed by atoms with Gasteiger partial charge in [0, 0.05) is 18.8 Å². The van der Waals surface area contributed by atoms with Crippen LogP contribution in [0.5, 0.6) is 0 Å². The number of para-hydroxylation sites is 1. The standard InChI is InChI=1S/C17H26N2O2/c1-4-7-13(11-21-3)19-17(20)15-10-12(2)18-16-9-6-5-8-14(15)16/h5-6,8-9,12-13,15,18H,4,7,10-11H2,1-3H3,(H,19,20). The van der Waals surface area contributed by atoms with Gasteiger partial charge in [0.2, 0.25) is 5.91 Å². The van der Waals surface area contributed by atoms with Gasteiger partial charge in [0.15, 0.2) is 0 Å². The number of rotatable bonds is 6. The van der Waals surface area contributed by atoms with Crippen molar-refractivity contribution in [3.8, 4) is 0 Å². The minimum atomic E-state index is -0.0753. The van der Waals surface area contributed by atoms with E-state index in [1.165, 1.54) is 0 Å². The first-order valence-electron chi connectivity index (χ1n) is 7.80. The third-order valence-corrected chi connectivity index (χ3v) is 4.00. The molecule has 1 aromatic rings. The molecule has 1 aromatic carbocycles. The van der Waals surface area contributed by atoms with Crippen LogP contribution in [0.3, 0.4) is 0 Å². The molecule has 0 aromatic heterocycles. The van der Waals surface area contributed by atoms with Crippen molar-refractivity contribution in [2.45, 2.75) is 51.1 Å². The fourth-order valence-electron chi connectivity index (χ4n) is 3.03. The van der Waals surface area contributed by atoms with Gasteiger partial charge in [-0.2, -0.15) is 0 Å². The van der Waals surface area contributed by atoms with Crippen LogP contribution >= 0.6 is 0 Å². The number of carbonyl (C=O) groups excluding carboxylic acids is 1. The molecule has 116 valence electrons. The molecule has 0 saturated carbocycles. The summed E-state index contributed by atoms with van der Waals surface area (Å²) in [5.41, 5.74) is 2.18. The highest BCUT2D eigenvalue weighted by atomic mass is 16.5. The summed E-state index contributed by atoms with van der Waals surface area (Å²) in [4.78, 5) is 12.7. The Hall–Kier alpha value is -1.55. The fraction of sp³-hybridized carbons (Fsp3) is 0.588. The van der Waals surface area contributed by atoms with Gasteiger partial charge in [-0.05, 0) is 31.4 Å². The molecular weight excluding hydrogens is 264 g/mol. The van der Waals surface area contributed by atoms with E-state index in [1.807, 2.05) is 24.3 Å². The molecule has 2 rings (SSSR count). The molecule has 0 radical (unpaired) electrons. The molecule has 0 fully saturated rings. The predicted octanol–water partition coefficient (Wildman–Crippen LogP) is 2.91. The molecule has 0 spiro atoms. The van der Waals surface area contributed by atoms with Crippen molar-refractivity contribution in [2.24, 2.45) is 0 Å². The van der Waals surface area contributed by atoms with Crippen LogP contribution in [0.2, 0.25) is 0 Å². The SMILES string of the molecule is CCCC(COC)NC(=O)C1CC(C)Nc2ccccc21. The molecular formula is C17H26N2O2. The molecule has 0 saturated heterocycles. The number of fused-ring (bicyclic) bond motifs is 1. The van der Waals surface area contributed by atoms with Crippen molar-refractivity contribution in [3.05, 3.63) is 29.8 Å². The lowest BCUT2D eigenvalue weighted by atomic mass is 9.86. The van der Waals surface area contributed by atoms with Crippen LogP contribution in [0.4, 0.5) is 5.69 Å². The van der Waals surface area contributed by atoms with Crippen LogP contribution in [0.1, 0.15) is 44.6 Å². The highest BCUT2D eigenvalue weighted by Gasteiger charge is 2.30. The second-order valence-corrected chi connectivity index (χ2v) is 5.87. The van der Waals surface area contributed by atoms with Crippen LogP contribution in [-0.4, -0.2) is 31.7 Å². The molecule has 1 amide bonds. The summed E-state index contributed by atoms with van der Waals surface area (Å²) in [6, 6.07) is 8.50. The topological polar surface area (TPSA) is 50.4 Å². The Labute approximate surface area is 127 Å². The molecule has 1 heterocycles. The molecule has 0 bridgehead atoms. The van der Waals surface area contributed by atoms with Crippen LogP contribution in [0, 0.1) is 0 Å². The maximum Gasteiger partial charge on any atom is 0.227 e. The summed E-state index contributed by atoms with van der Waals surface area (Å²) >= 11 is 0. The lowest BCUT2D eigenvalue weighted by molar-refractivity contribution is -0.124. The summed E-state index contributed by atoms with van der Waals surface area (Å²) in [5.74, 6) is 0.0416. The zero-order valence-corrected chi connectivity index (χ0v) is 13.2. The van der Waals surface area contributed by atoms with E-state index in [-0.39, 0.29) is 17.9 Å². The Balaban J connectivity index is 2.11. The maximum absolute atomic E-state index is 12.7. The van der Waals surface area contributed by atoms with E-state index in [0.717, 1.165) is 30.5 Å². The molecule has 2 N–H and O–H groups in total. The van der Waals surface area contributed by atoms with Crippen LogP contribution < -0.4 is 10.6 Å². The number of nitrogens with one attached hydrogen (secondary N) is 2. The molecule has 21 heavy (non-hydrogen) atoms. The Kier molecular flexibility index (Phi) is 5.62. The van der Waals surface area contributed by atoms with E-state index in [1.54, 1.807) is 7.11 Å². The van der Waals surface area contributed by atoms with Gasteiger partial charge in [-0.1, -0.05) is 31.5 Å². The van der Waals surface area contributed by atoms with Crippen molar-refractivity contribution in [1.82, 2.24) is 5.32 Å². The van der Waals surface area contributed by atoms with Gasteiger partial charge in [-0.25, -0.2) is 0 Å². The van der Waals surface area contributed by atoms with Crippen molar-refractivity contribution >= 4 is 11.6 Å². The van der Waals surface area contributed by atoms with E-state index >= 15 is 0 Å². The molecule has 1 aliphatic rings. The molecule has 0 aliphatic carbocycles. The quantitative estimate of drug-likeness (QED) is 0.847. The summed E-state index contributed by atoms with van der Waals surface area (Å²) in [6.07, 6.45) is 2.81. The number of anilines is 1. The van der Waals surface area contributed by atoms with E-state index in [2.05, 4.69) is 24.5 Å². The lowest BCUT2D eigenvalue weighted by Crippen LogP contribution is -2.43. The lowest BCUT2D eigenvalue weighted by Gasteiger charge is -2.31. The molecule has 4 heteroatoms. The van der Waals surface area contributed by atoms with E-state index in [0.29, 0.717) is 12.6 Å². The van der Waals surface area contributed by atoms with Gasteiger partial charge in [-0.15, -0.1) is 0 Å². The Morgan fingerprint density at radius 3 is 2.95 bits per heavy atom. The third-order valence-electron chi connectivity index (χ3n) is 4.00.